The van der Waals surface area contributed by atoms with Crippen molar-refractivity contribution in [1.82, 2.24) is 10.0 Å². The molecule has 132 valence electrons. The summed E-state index contributed by atoms with van der Waals surface area (Å²) in [5.41, 5.74) is 2.22. The van der Waals surface area contributed by atoms with Crippen molar-refractivity contribution in [2.24, 2.45) is 0 Å². The van der Waals surface area contributed by atoms with E-state index in [0.29, 0.717) is 6.42 Å². The Hall–Kier alpha value is -1.45. The van der Waals surface area contributed by atoms with Crippen molar-refractivity contribution in [1.29, 1.82) is 0 Å². The Morgan fingerprint density at radius 2 is 1.96 bits per heavy atom. The van der Waals surface area contributed by atoms with E-state index in [1.165, 1.54) is 5.56 Å². The summed E-state index contributed by atoms with van der Waals surface area (Å²) >= 11 is 0. The predicted molar refractivity (Wildman–Crippen MR) is 88.9 cm³/mol. The molecular formula is C15H20N2O5S2. The minimum atomic E-state index is -3.76. The van der Waals surface area contributed by atoms with Gasteiger partial charge in [-0.3, -0.25) is 4.79 Å². The SMILES string of the molecule is O=C(CNS(=O)(=O)c1ccc2c(c1)CCC2)NC1CCS(=O)(=O)C1. The molecule has 0 bridgehead atoms. The summed E-state index contributed by atoms with van der Waals surface area (Å²) < 4.78 is 49.6. The maximum absolute atomic E-state index is 12.3. The van der Waals surface area contributed by atoms with Crippen LogP contribution in [0.5, 0.6) is 0 Å². The lowest BCUT2D eigenvalue weighted by Crippen LogP contribution is -2.42. The molecule has 0 saturated carbocycles. The van der Waals surface area contributed by atoms with Crippen LogP contribution in [0, 0.1) is 0 Å². The Kier molecular flexibility index (Phi) is 4.67. The summed E-state index contributed by atoms with van der Waals surface area (Å²) in [4.78, 5) is 12.0. The first-order valence-electron chi connectivity index (χ1n) is 7.86. The van der Waals surface area contributed by atoms with Crippen molar-refractivity contribution in [3.8, 4) is 0 Å². The van der Waals surface area contributed by atoms with Gasteiger partial charge in [-0.1, -0.05) is 6.07 Å². The van der Waals surface area contributed by atoms with E-state index in [4.69, 9.17) is 0 Å². The van der Waals surface area contributed by atoms with Crippen molar-refractivity contribution < 1.29 is 21.6 Å². The van der Waals surface area contributed by atoms with Gasteiger partial charge in [-0.25, -0.2) is 21.6 Å². The highest BCUT2D eigenvalue weighted by atomic mass is 32.2. The van der Waals surface area contributed by atoms with Gasteiger partial charge in [0.15, 0.2) is 9.84 Å². The van der Waals surface area contributed by atoms with Crippen LogP contribution in [0.4, 0.5) is 0 Å². The van der Waals surface area contributed by atoms with Gasteiger partial charge in [-0.2, -0.15) is 0 Å². The summed E-state index contributed by atoms with van der Waals surface area (Å²) in [6.07, 6.45) is 3.23. The zero-order valence-electron chi connectivity index (χ0n) is 13.1. The fraction of sp³-hybridized carbons (Fsp3) is 0.533. The molecule has 7 nitrogen and oxygen atoms in total. The third-order valence-electron chi connectivity index (χ3n) is 4.40. The molecule has 3 rings (SSSR count). The largest absolute Gasteiger partial charge is 0.351 e. The molecule has 2 N–H and O–H groups in total. The Morgan fingerprint density at radius 3 is 2.67 bits per heavy atom. The molecule has 0 radical (unpaired) electrons. The van der Waals surface area contributed by atoms with Crippen LogP contribution in [0.3, 0.4) is 0 Å². The van der Waals surface area contributed by atoms with Gasteiger partial charge in [-0.15, -0.1) is 0 Å². The summed E-state index contributed by atoms with van der Waals surface area (Å²) in [6.45, 7) is -0.407. The first-order valence-corrected chi connectivity index (χ1v) is 11.2. The van der Waals surface area contributed by atoms with Crippen LogP contribution in [-0.2, 0) is 37.5 Å². The average Bonchev–Trinajstić information content (AvgIpc) is 3.10. The molecule has 2 aliphatic rings. The zero-order chi connectivity index (χ0) is 17.4. The van der Waals surface area contributed by atoms with Crippen LogP contribution in [0.25, 0.3) is 0 Å². The predicted octanol–water partition coefficient (Wildman–Crippen LogP) is -0.243. The number of nitrogens with one attached hydrogen (secondary N) is 2. The molecule has 9 heteroatoms. The molecule has 1 aliphatic heterocycles. The second-order valence-electron chi connectivity index (χ2n) is 6.28. The highest BCUT2D eigenvalue weighted by molar-refractivity contribution is 7.91. The van der Waals surface area contributed by atoms with E-state index >= 15 is 0 Å². The van der Waals surface area contributed by atoms with Crippen LogP contribution >= 0.6 is 0 Å². The van der Waals surface area contributed by atoms with Crippen molar-refractivity contribution in [2.75, 3.05) is 18.1 Å². The number of amides is 1. The number of benzene rings is 1. The molecule has 1 aromatic rings. The van der Waals surface area contributed by atoms with E-state index in [1.54, 1.807) is 12.1 Å². The van der Waals surface area contributed by atoms with Crippen molar-refractivity contribution in [3.63, 3.8) is 0 Å². The number of hydrogen-bond donors (Lipinski definition) is 2. The first-order chi connectivity index (χ1) is 11.3. The van der Waals surface area contributed by atoms with Crippen molar-refractivity contribution in [2.45, 2.75) is 36.6 Å². The molecule has 1 saturated heterocycles. The fourth-order valence-corrected chi connectivity index (χ4v) is 5.85. The summed E-state index contributed by atoms with van der Waals surface area (Å²) in [7, 11) is -6.85. The van der Waals surface area contributed by atoms with Gasteiger partial charge in [0.25, 0.3) is 0 Å². The molecule has 0 aromatic heterocycles. The van der Waals surface area contributed by atoms with E-state index in [-0.39, 0.29) is 16.4 Å². The lowest BCUT2D eigenvalue weighted by atomic mass is 10.1. The molecule has 1 amide bonds. The van der Waals surface area contributed by atoms with E-state index in [0.717, 1.165) is 24.8 Å². The van der Waals surface area contributed by atoms with Crippen molar-refractivity contribution in [3.05, 3.63) is 29.3 Å². The highest BCUT2D eigenvalue weighted by Gasteiger charge is 2.29. The van der Waals surface area contributed by atoms with Gasteiger partial charge in [0.05, 0.1) is 22.9 Å². The first kappa shape index (κ1) is 17.4. The zero-order valence-corrected chi connectivity index (χ0v) is 14.7. The van der Waals surface area contributed by atoms with E-state index < -0.39 is 38.4 Å². The third-order valence-corrected chi connectivity index (χ3v) is 7.57. The van der Waals surface area contributed by atoms with E-state index in [1.807, 2.05) is 6.07 Å². The Balaban J connectivity index is 1.58. The minimum absolute atomic E-state index is 0.0544. The number of carbonyl (C=O) groups is 1. The standard InChI is InChI=1S/C15H20N2O5S2/c18-15(17-13-6-7-23(19,20)10-13)9-16-24(21,22)14-5-4-11-2-1-3-12(11)8-14/h4-5,8,13,16H,1-3,6-7,9-10H2,(H,17,18). The van der Waals surface area contributed by atoms with Gasteiger partial charge in [0.2, 0.25) is 15.9 Å². The molecule has 0 spiro atoms. The van der Waals surface area contributed by atoms with Gasteiger partial charge in [0, 0.05) is 6.04 Å². The number of carbonyl (C=O) groups excluding carboxylic acids is 1. The van der Waals surface area contributed by atoms with E-state index in [2.05, 4.69) is 10.0 Å². The maximum Gasteiger partial charge on any atom is 0.241 e. The molecule has 1 fully saturated rings. The second kappa shape index (κ2) is 6.45. The maximum atomic E-state index is 12.3. The topological polar surface area (TPSA) is 109 Å². The lowest BCUT2D eigenvalue weighted by Gasteiger charge is -2.12. The highest BCUT2D eigenvalue weighted by Crippen LogP contribution is 2.24. The normalized spacial score (nSPS) is 22.2. The summed E-state index contributed by atoms with van der Waals surface area (Å²) in [5.74, 6) is -0.559. The summed E-state index contributed by atoms with van der Waals surface area (Å²) in [5, 5.41) is 2.56. The Bertz CT molecular complexity index is 862. The number of rotatable bonds is 5. The lowest BCUT2D eigenvalue weighted by molar-refractivity contribution is -0.120. The molecule has 1 aromatic carbocycles. The van der Waals surface area contributed by atoms with Gasteiger partial charge < -0.3 is 5.32 Å². The molecule has 1 atom stereocenters. The smallest absolute Gasteiger partial charge is 0.241 e. The Labute approximate surface area is 141 Å². The van der Waals surface area contributed by atoms with Crippen LogP contribution < -0.4 is 10.0 Å². The monoisotopic (exact) mass is 372 g/mol. The number of fused-ring (bicyclic) bond motifs is 1. The molecule has 24 heavy (non-hydrogen) atoms. The second-order valence-corrected chi connectivity index (χ2v) is 10.3. The number of sulfonamides is 1. The average molecular weight is 372 g/mol. The number of aryl methyl sites for hydroxylation is 2. The van der Waals surface area contributed by atoms with E-state index in [9.17, 15) is 21.6 Å². The van der Waals surface area contributed by atoms with Crippen LogP contribution in [-0.4, -0.2) is 46.8 Å². The third kappa shape index (κ3) is 3.96. The van der Waals surface area contributed by atoms with Crippen LogP contribution in [0.15, 0.2) is 23.1 Å². The van der Waals surface area contributed by atoms with Crippen molar-refractivity contribution >= 4 is 25.8 Å². The van der Waals surface area contributed by atoms with Crippen LogP contribution in [0.2, 0.25) is 0 Å². The molecule has 1 aliphatic carbocycles. The fourth-order valence-electron chi connectivity index (χ4n) is 3.15. The molecule has 1 heterocycles. The summed E-state index contributed by atoms with van der Waals surface area (Å²) in [6, 6.07) is 4.59. The van der Waals surface area contributed by atoms with Gasteiger partial charge in [0.1, 0.15) is 0 Å². The molecular weight excluding hydrogens is 352 g/mol. The van der Waals surface area contributed by atoms with Crippen LogP contribution in [0.1, 0.15) is 24.0 Å². The minimum Gasteiger partial charge on any atom is -0.351 e. The van der Waals surface area contributed by atoms with Gasteiger partial charge in [-0.05, 0) is 48.9 Å². The quantitative estimate of drug-likeness (QED) is 0.741. The number of sulfone groups is 1. The Morgan fingerprint density at radius 1 is 1.21 bits per heavy atom. The van der Waals surface area contributed by atoms with Gasteiger partial charge >= 0.3 is 0 Å². The molecule has 1 unspecified atom stereocenters. The number of hydrogen-bond acceptors (Lipinski definition) is 5.